The van der Waals surface area contributed by atoms with Crippen LogP contribution in [-0.2, 0) is 18.9 Å². The van der Waals surface area contributed by atoms with Crippen molar-refractivity contribution in [1.82, 2.24) is 9.55 Å². The van der Waals surface area contributed by atoms with Crippen molar-refractivity contribution in [2.75, 3.05) is 6.61 Å². The van der Waals surface area contributed by atoms with E-state index in [1.54, 1.807) is 6.92 Å². The fraction of sp³-hybridized carbons (Fsp3) is 0.826. The smallest absolute Gasteiger partial charge is 0.330 e. The molecule has 4 heterocycles. The second-order valence-corrected chi connectivity index (χ2v) is 10.4. The summed E-state index contributed by atoms with van der Waals surface area (Å²) in [5.74, 6) is -1.57. The summed E-state index contributed by atoms with van der Waals surface area (Å²) in [5, 5.41) is 82.9. The maximum Gasteiger partial charge on any atom is 0.330 e. The van der Waals surface area contributed by atoms with Gasteiger partial charge in [0.15, 0.2) is 18.8 Å². The number of aromatic amines is 1. The van der Waals surface area contributed by atoms with E-state index in [2.05, 4.69) is 0 Å². The van der Waals surface area contributed by atoms with Crippen molar-refractivity contribution in [1.29, 1.82) is 0 Å². The Hall–Kier alpha value is -1.80. The molecule has 4 rings (SSSR count). The number of H-pyrrole nitrogens is 1. The minimum Gasteiger partial charge on any atom is -0.394 e. The summed E-state index contributed by atoms with van der Waals surface area (Å²) in [6.07, 6.45) is -17.4. The van der Waals surface area contributed by atoms with Crippen molar-refractivity contribution in [3.63, 3.8) is 0 Å². The van der Waals surface area contributed by atoms with Crippen molar-refractivity contribution < 1.29 is 59.8 Å². The highest BCUT2D eigenvalue weighted by molar-refractivity contribution is 4.98. The second kappa shape index (κ2) is 12.0. The summed E-state index contributed by atoms with van der Waals surface area (Å²) < 4.78 is 23.6. The largest absolute Gasteiger partial charge is 0.394 e. The molecule has 0 aliphatic carbocycles. The number of nitrogens with one attached hydrogen (secondary N) is 1. The molecule has 0 aromatic carbocycles. The van der Waals surface area contributed by atoms with Crippen LogP contribution in [0.15, 0.2) is 21.9 Å². The van der Waals surface area contributed by atoms with E-state index in [0.717, 1.165) is 16.8 Å². The number of rotatable bonds is 7. The lowest BCUT2D eigenvalue weighted by Gasteiger charge is -2.46. The molecule has 0 spiro atoms. The highest BCUT2D eigenvalue weighted by Crippen LogP contribution is 2.36. The van der Waals surface area contributed by atoms with Gasteiger partial charge in [0.2, 0.25) is 0 Å². The van der Waals surface area contributed by atoms with Crippen LogP contribution in [0.25, 0.3) is 0 Å². The molecule has 16 nitrogen and oxygen atoms in total. The lowest BCUT2D eigenvalue weighted by Crippen LogP contribution is -2.59. The molecule has 1 aromatic heterocycles. The molecule has 222 valence electrons. The molecule has 3 aliphatic heterocycles. The SMILES string of the molecule is CC1C(O)[C@H](O)C(CO)O[C@@H]1O[C@@H]1O[C@H](C[C@@H](O)[C@@H]2O[C@@H](n3ccc(=O)[nH]c3=O)[C@H](O)[C@@H]2O)C(O)C(O)[C@H]1C. The molecule has 5 unspecified atom stereocenters. The molecule has 3 aliphatic rings. The van der Waals surface area contributed by atoms with Gasteiger partial charge in [-0.1, -0.05) is 13.8 Å². The Kier molecular flexibility index (Phi) is 9.26. The van der Waals surface area contributed by atoms with E-state index in [4.69, 9.17) is 18.9 Å². The van der Waals surface area contributed by atoms with Gasteiger partial charge < -0.3 is 59.8 Å². The van der Waals surface area contributed by atoms with Gasteiger partial charge in [-0.2, -0.15) is 0 Å². The molecule has 3 saturated heterocycles. The highest BCUT2D eigenvalue weighted by atomic mass is 16.8. The van der Waals surface area contributed by atoms with Crippen molar-refractivity contribution in [2.45, 2.75) is 100 Å². The molecule has 1 aromatic rings. The van der Waals surface area contributed by atoms with Crippen LogP contribution < -0.4 is 11.2 Å². The van der Waals surface area contributed by atoms with Gasteiger partial charge in [0.05, 0.1) is 31.0 Å². The van der Waals surface area contributed by atoms with E-state index in [1.807, 2.05) is 4.98 Å². The third kappa shape index (κ3) is 5.83. The molecular weight excluding hydrogens is 528 g/mol. The summed E-state index contributed by atoms with van der Waals surface area (Å²) in [6.45, 7) is 2.48. The van der Waals surface area contributed by atoms with Crippen molar-refractivity contribution in [2.24, 2.45) is 11.8 Å². The highest BCUT2D eigenvalue weighted by Gasteiger charge is 2.51. The topological polar surface area (TPSA) is 254 Å². The first-order chi connectivity index (χ1) is 18.3. The summed E-state index contributed by atoms with van der Waals surface area (Å²) in [4.78, 5) is 25.4. The fourth-order valence-electron chi connectivity index (χ4n) is 5.16. The second-order valence-electron chi connectivity index (χ2n) is 10.4. The van der Waals surface area contributed by atoms with Crippen LogP contribution in [0.5, 0.6) is 0 Å². The van der Waals surface area contributed by atoms with Crippen LogP contribution in [-0.4, -0.2) is 131 Å². The Labute approximate surface area is 221 Å². The van der Waals surface area contributed by atoms with Crippen molar-refractivity contribution in [3.05, 3.63) is 33.1 Å². The molecule has 9 N–H and O–H groups in total. The minimum absolute atomic E-state index is 0.409. The van der Waals surface area contributed by atoms with Gasteiger partial charge in [-0.25, -0.2) is 4.79 Å². The molecule has 3 fully saturated rings. The molecule has 0 bridgehead atoms. The molecule has 16 heteroatoms. The molecule has 39 heavy (non-hydrogen) atoms. The van der Waals surface area contributed by atoms with E-state index in [0.29, 0.717) is 0 Å². The number of nitrogens with zero attached hydrogens (tertiary/aromatic N) is 1. The first-order valence-corrected chi connectivity index (χ1v) is 12.7. The predicted molar refractivity (Wildman–Crippen MR) is 126 cm³/mol. The zero-order valence-electron chi connectivity index (χ0n) is 21.2. The number of hydrogen-bond donors (Lipinski definition) is 9. The maximum absolute atomic E-state index is 12.1. The van der Waals surface area contributed by atoms with E-state index in [9.17, 15) is 50.4 Å². The zero-order chi connectivity index (χ0) is 28.8. The van der Waals surface area contributed by atoms with Crippen LogP contribution in [0.2, 0.25) is 0 Å². The van der Waals surface area contributed by atoms with Gasteiger partial charge in [0.1, 0.15) is 36.6 Å². The average Bonchev–Trinajstić information content (AvgIpc) is 3.19. The monoisotopic (exact) mass is 564 g/mol. The van der Waals surface area contributed by atoms with Crippen LogP contribution in [0.1, 0.15) is 26.5 Å². The van der Waals surface area contributed by atoms with Crippen molar-refractivity contribution in [3.8, 4) is 0 Å². The number of aliphatic hydroxyl groups excluding tert-OH is 8. The molecule has 0 saturated carbocycles. The summed E-state index contributed by atoms with van der Waals surface area (Å²) in [7, 11) is 0. The van der Waals surface area contributed by atoms with Crippen LogP contribution in [0.3, 0.4) is 0 Å². The van der Waals surface area contributed by atoms with E-state index in [-0.39, 0.29) is 0 Å². The van der Waals surface area contributed by atoms with E-state index >= 15 is 0 Å². The van der Waals surface area contributed by atoms with Gasteiger partial charge in [-0.3, -0.25) is 14.3 Å². The Bertz CT molecular complexity index is 1080. The first kappa shape index (κ1) is 30.2. The Balaban J connectivity index is 1.45. The number of aliphatic hydroxyl groups is 8. The van der Waals surface area contributed by atoms with Gasteiger partial charge in [-0.15, -0.1) is 0 Å². The number of ether oxygens (including phenoxy) is 4. The van der Waals surface area contributed by atoms with Crippen LogP contribution >= 0.6 is 0 Å². The van der Waals surface area contributed by atoms with Gasteiger partial charge in [0, 0.05) is 30.5 Å². The van der Waals surface area contributed by atoms with E-state index < -0.39 is 116 Å². The Morgan fingerprint density at radius 3 is 2.00 bits per heavy atom. The standard InChI is InChI=1S/C23H36N2O14/c1-7-13(29)15(31)10(36-21(7)39-22-8(2)14(30)16(32)11(6-26)37-22)5-9(27)19-17(33)18(34)20(38-19)25-4-3-12(28)24-23(25)35/h3-4,7-11,13-22,26-27,29-34H,5-6H2,1-2H3,(H,24,28,35)/t7-,8?,9-,10-,11?,13?,14?,15?,16-,17+,18-,19+,20-,21+,22-/m1/s1. The predicted octanol–water partition coefficient (Wildman–Crippen LogP) is -4.92. The molecule has 0 amide bonds. The van der Waals surface area contributed by atoms with Gasteiger partial charge >= 0.3 is 5.69 Å². The lowest BCUT2D eigenvalue weighted by atomic mass is 9.88. The third-order valence-electron chi connectivity index (χ3n) is 7.72. The number of aromatic nitrogens is 2. The minimum atomic E-state index is -1.67. The quantitative estimate of drug-likeness (QED) is 0.150. The summed E-state index contributed by atoms with van der Waals surface area (Å²) >= 11 is 0. The summed E-state index contributed by atoms with van der Waals surface area (Å²) in [6, 6.07) is 1.02. The lowest BCUT2D eigenvalue weighted by molar-refractivity contribution is -0.360. The van der Waals surface area contributed by atoms with E-state index in [1.165, 1.54) is 6.92 Å². The van der Waals surface area contributed by atoms with Crippen molar-refractivity contribution >= 4 is 0 Å². The summed E-state index contributed by atoms with van der Waals surface area (Å²) in [5.41, 5.74) is -1.59. The molecule has 15 atom stereocenters. The fourth-order valence-corrected chi connectivity index (χ4v) is 5.16. The Morgan fingerprint density at radius 2 is 1.44 bits per heavy atom. The van der Waals surface area contributed by atoms with Gasteiger partial charge in [-0.05, 0) is 0 Å². The number of hydrogen-bond acceptors (Lipinski definition) is 14. The van der Waals surface area contributed by atoms with Gasteiger partial charge in [0.25, 0.3) is 5.56 Å². The molecule has 0 radical (unpaired) electrons. The average molecular weight is 565 g/mol. The Morgan fingerprint density at radius 1 is 0.872 bits per heavy atom. The zero-order valence-corrected chi connectivity index (χ0v) is 21.2. The molecular formula is C23H36N2O14. The first-order valence-electron chi connectivity index (χ1n) is 12.7. The normalized spacial score (nSPS) is 45.8. The third-order valence-corrected chi connectivity index (χ3v) is 7.72. The van der Waals surface area contributed by atoms with Crippen LogP contribution in [0.4, 0.5) is 0 Å². The van der Waals surface area contributed by atoms with Crippen LogP contribution in [0, 0.1) is 11.8 Å². The maximum atomic E-state index is 12.1.